The highest BCUT2D eigenvalue weighted by Gasteiger charge is 2.22. The van der Waals surface area contributed by atoms with E-state index in [2.05, 4.69) is 11.8 Å². The Balaban J connectivity index is 0.00000128. The second-order valence-corrected chi connectivity index (χ2v) is 5.78. The van der Waals surface area contributed by atoms with Crippen LogP contribution in [-0.4, -0.2) is 30.6 Å². The lowest BCUT2D eigenvalue weighted by Crippen LogP contribution is -2.29. The van der Waals surface area contributed by atoms with Gasteiger partial charge in [0.1, 0.15) is 0 Å². The number of hydrogen-bond donors (Lipinski definition) is 1. The van der Waals surface area contributed by atoms with E-state index < -0.39 is 0 Å². The minimum absolute atomic E-state index is 0. The molecule has 2 nitrogen and oxygen atoms in total. The zero-order chi connectivity index (χ0) is 10.7. The summed E-state index contributed by atoms with van der Waals surface area (Å²) in [4.78, 5) is 2.56. The first-order valence-corrected chi connectivity index (χ1v) is 6.72. The monoisotopic (exact) mass is 246 g/mol. The number of rotatable bonds is 3. The van der Waals surface area contributed by atoms with Crippen LogP contribution in [0.15, 0.2) is 0 Å². The summed E-state index contributed by atoms with van der Waals surface area (Å²) >= 11 is 0. The SMILES string of the molecule is CC1CCCC(CCN2CC[C@@H](N)C2)C1.Cl. The summed E-state index contributed by atoms with van der Waals surface area (Å²) in [5, 5.41) is 0. The zero-order valence-electron chi connectivity index (χ0n) is 10.5. The van der Waals surface area contributed by atoms with Gasteiger partial charge in [-0.3, -0.25) is 0 Å². The van der Waals surface area contributed by atoms with Crippen LogP contribution in [0.25, 0.3) is 0 Å². The molecule has 0 bridgehead atoms. The van der Waals surface area contributed by atoms with Crippen molar-refractivity contribution >= 4 is 12.4 Å². The van der Waals surface area contributed by atoms with Crippen LogP contribution in [0.2, 0.25) is 0 Å². The van der Waals surface area contributed by atoms with E-state index in [1.165, 1.54) is 51.6 Å². The lowest BCUT2D eigenvalue weighted by Gasteiger charge is -2.28. The van der Waals surface area contributed by atoms with Gasteiger partial charge < -0.3 is 10.6 Å². The van der Waals surface area contributed by atoms with E-state index in [0.29, 0.717) is 6.04 Å². The molecule has 3 heteroatoms. The Morgan fingerprint density at radius 3 is 2.69 bits per heavy atom. The Morgan fingerprint density at radius 1 is 1.25 bits per heavy atom. The van der Waals surface area contributed by atoms with Gasteiger partial charge in [0.2, 0.25) is 0 Å². The summed E-state index contributed by atoms with van der Waals surface area (Å²) in [6, 6.07) is 0.454. The highest BCUT2D eigenvalue weighted by atomic mass is 35.5. The molecule has 2 rings (SSSR count). The molecule has 0 radical (unpaired) electrons. The van der Waals surface area contributed by atoms with E-state index in [1.807, 2.05) is 0 Å². The maximum atomic E-state index is 5.91. The van der Waals surface area contributed by atoms with Gasteiger partial charge >= 0.3 is 0 Å². The maximum Gasteiger partial charge on any atom is 0.0180 e. The molecule has 1 saturated heterocycles. The number of nitrogens with zero attached hydrogens (tertiary/aromatic N) is 1. The van der Waals surface area contributed by atoms with Crippen molar-refractivity contribution in [3.63, 3.8) is 0 Å². The predicted molar refractivity (Wildman–Crippen MR) is 72.0 cm³/mol. The summed E-state index contributed by atoms with van der Waals surface area (Å²) in [6.07, 6.45) is 8.50. The second-order valence-electron chi connectivity index (χ2n) is 5.78. The molecule has 0 spiro atoms. The first-order valence-electron chi connectivity index (χ1n) is 6.72. The van der Waals surface area contributed by atoms with Crippen LogP contribution >= 0.6 is 12.4 Å². The van der Waals surface area contributed by atoms with Crippen molar-refractivity contribution in [1.82, 2.24) is 4.90 Å². The van der Waals surface area contributed by atoms with Crippen molar-refractivity contribution in [3.8, 4) is 0 Å². The van der Waals surface area contributed by atoms with Crippen LogP contribution in [0.5, 0.6) is 0 Å². The Morgan fingerprint density at radius 2 is 2.06 bits per heavy atom. The number of nitrogens with two attached hydrogens (primary N) is 1. The first kappa shape index (κ1) is 14.3. The fourth-order valence-electron chi connectivity index (χ4n) is 3.25. The topological polar surface area (TPSA) is 29.3 Å². The fourth-order valence-corrected chi connectivity index (χ4v) is 3.25. The summed E-state index contributed by atoms with van der Waals surface area (Å²) in [5.74, 6) is 1.98. The number of halogens is 1. The van der Waals surface area contributed by atoms with Gasteiger partial charge in [0.25, 0.3) is 0 Å². The Bertz CT molecular complexity index is 198. The highest BCUT2D eigenvalue weighted by Crippen LogP contribution is 2.30. The van der Waals surface area contributed by atoms with Crippen LogP contribution in [0, 0.1) is 11.8 Å². The van der Waals surface area contributed by atoms with Crippen molar-refractivity contribution in [2.75, 3.05) is 19.6 Å². The van der Waals surface area contributed by atoms with Gasteiger partial charge in [-0.05, 0) is 44.2 Å². The van der Waals surface area contributed by atoms with E-state index in [0.717, 1.165) is 18.4 Å². The van der Waals surface area contributed by atoms with Crippen LogP contribution in [-0.2, 0) is 0 Å². The molecule has 0 amide bonds. The first-order chi connectivity index (χ1) is 7.24. The van der Waals surface area contributed by atoms with Crippen molar-refractivity contribution in [2.24, 2.45) is 17.6 Å². The quantitative estimate of drug-likeness (QED) is 0.830. The Hall–Kier alpha value is 0.210. The highest BCUT2D eigenvalue weighted by molar-refractivity contribution is 5.85. The lowest BCUT2D eigenvalue weighted by molar-refractivity contribution is 0.231. The van der Waals surface area contributed by atoms with E-state index in [1.54, 1.807) is 0 Å². The lowest BCUT2D eigenvalue weighted by atomic mass is 9.81. The molecule has 2 fully saturated rings. The normalized spacial score (nSPS) is 36.0. The van der Waals surface area contributed by atoms with Gasteiger partial charge in [0.15, 0.2) is 0 Å². The van der Waals surface area contributed by atoms with Gasteiger partial charge in [-0.1, -0.05) is 26.2 Å². The van der Waals surface area contributed by atoms with Crippen molar-refractivity contribution in [1.29, 1.82) is 0 Å². The molecule has 3 atom stereocenters. The molecular weight excluding hydrogens is 220 g/mol. The Labute approximate surface area is 106 Å². The summed E-state index contributed by atoms with van der Waals surface area (Å²) in [6.45, 7) is 6.09. The molecule has 0 aromatic carbocycles. The van der Waals surface area contributed by atoms with Crippen LogP contribution in [0.1, 0.15) is 45.4 Å². The standard InChI is InChI=1S/C13H26N2.ClH/c1-11-3-2-4-12(9-11)5-7-15-8-6-13(14)10-15;/h11-13H,2-10,14H2,1H3;1H/t11?,12?,13-;/m1./s1. The van der Waals surface area contributed by atoms with Crippen LogP contribution in [0.4, 0.5) is 0 Å². The molecule has 2 unspecified atom stereocenters. The average Bonchev–Trinajstić information content (AvgIpc) is 2.62. The summed E-state index contributed by atoms with van der Waals surface area (Å²) < 4.78 is 0. The third kappa shape index (κ3) is 4.23. The van der Waals surface area contributed by atoms with Crippen LogP contribution < -0.4 is 5.73 Å². The molecule has 1 aliphatic heterocycles. The molecule has 0 aromatic rings. The molecule has 1 saturated carbocycles. The minimum atomic E-state index is 0. The molecule has 1 heterocycles. The van der Waals surface area contributed by atoms with Crippen molar-refractivity contribution in [3.05, 3.63) is 0 Å². The van der Waals surface area contributed by atoms with Gasteiger partial charge in [-0.25, -0.2) is 0 Å². The molecular formula is C13H27ClN2. The average molecular weight is 247 g/mol. The number of hydrogen-bond acceptors (Lipinski definition) is 2. The maximum absolute atomic E-state index is 5.91. The number of likely N-dealkylation sites (tertiary alicyclic amines) is 1. The third-order valence-electron chi connectivity index (χ3n) is 4.21. The summed E-state index contributed by atoms with van der Waals surface area (Å²) in [5.41, 5.74) is 5.91. The van der Waals surface area contributed by atoms with E-state index >= 15 is 0 Å². The van der Waals surface area contributed by atoms with E-state index in [9.17, 15) is 0 Å². The molecule has 2 aliphatic rings. The van der Waals surface area contributed by atoms with Crippen LogP contribution in [0.3, 0.4) is 0 Å². The smallest absolute Gasteiger partial charge is 0.0180 e. The van der Waals surface area contributed by atoms with Crippen molar-refractivity contribution < 1.29 is 0 Å². The second kappa shape index (κ2) is 6.83. The van der Waals surface area contributed by atoms with Gasteiger partial charge in [-0.15, -0.1) is 12.4 Å². The van der Waals surface area contributed by atoms with E-state index in [-0.39, 0.29) is 12.4 Å². The zero-order valence-corrected chi connectivity index (χ0v) is 11.3. The molecule has 2 N–H and O–H groups in total. The molecule has 1 aliphatic carbocycles. The minimum Gasteiger partial charge on any atom is -0.326 e. The summed E-state index contributed by atoms with van der Waals surface area (Å²) in [7, 11) is 0. The van der Waals surface area contributed by atoms with Crippen molar-refractivity contribution in [2.45, 2.75) is 51.5 Å². The molecule has 96 valence electrons. The van der Waals surface area contributed by atoms with Gasteiger partial charge in [-0.2, -0.15) is 0 Å². The largest absolute Gasteiger partial charge is 0.326 e. The molecule has 16 heavy (non-hydrogen) atoms. The third-order valence-corrected chi connectivity index (χ3v) is 4.21. The predicted octanol–water partition coefficient (Wildman–Crippen LogP) is 2.66. The van der Waals surface area contributed by atoms with E-state index in [4.69, 9.17) is 5.73 Å². The van der Waals surface area contributed by atoms with Gasteiger partial charge in [0.05, 0.1) is 0 Å². The fraction of sp³-hybridized carbons (Fsp3) is 1.00. The van der Waals surface area contributed by atoms with Gasteiger partial charge in [0, 0.05) is 12.6 Å². The molecule has 0 aromatic heterocycles. The Kier molecular flexibility index (Phi) is 6.09.